The van der Waals surface area contributed by atoms with Gasteiger partial charge in [0.05, 0.1) is 11.2 Å². The number of aryl methyl sites for hydroxylation is 2. The fourth-order valence-electron chi connectivity index (χ4n) is 4.09. The van der Waals surface area contributed by atoms with Crippen LogP contribution in [0, 0.1) is 12.3 Å². The molecule has 0 atom stereocenters. The maximum Gasteiger partial charge on any atom is 0.330 e. The van der Waals surface area contributed by atoms with Crippen LogP contribution < -0.4 is 5.69 Å². The van der Waals surface area contributed by atoms with Crippen molar-refractivity contribution in [2.75, 3.05) is 0 Å². The molecule has 0 spiro atoms. The van der Waals surface area contributed by atoms with Crippen molar-refractivity contribution >= 4 is 16.9 Å². The second-order valence-electron chi connectivity index (χ2n) is 10.3. The zero-order valence-corrected chi connectivity index (χ0v) is 19.5. The number of Topliss-reactive ketones (excluding diaryl/α,β-unsaturated/α-hetero) is 1. The van der Waals surface area contributed by atoms with Gasteiger partial charge in [-0.2, -0.15) is 0 Å². The van der Waals surface area contributed by atoms with E-state index in [9.17, 15) is 9.59 Å². The van der Waals surface area contributed by atoms with Gasteiger partial charge < -0.3 is 0 Å². The molecule has 0 aliphatic carbocycles. The van der Waals surface area contributed by atoms with E-state index in [1.165, 1.54) is 0 Å². The number of carbonyl (C=O) groups excluding carboxylic acids is 1. The van der Waals surface area contributed by atoms with E-state index in [2.05, 4.69) is 59.7 Å². The Morgan fingerprint density at radius 3 is 2.33 bits per heavy atom. The third-order valence-corrected chi connectivity index (χ3v) is 5.60. The summed E-state index contributed by atoms with van der Waals surface area (Å²) in [5, 5.41) is 0. The van der Waals surface area contributed by atoms with Gasteiger partial charge in [-0.15, -0.1) is 0 Å². The van der Waals surface area contributed by atoms with Gasteiger partial charge in [0, 0.05) is 25.6 Å². The first-order valence-corrected chi connectivity index (χ1v) is 10.5. The molecule has 0 aliphatic rings. The summed E-state index contributed by atoms with van der Waals surface area (Å²) in [5.41, 5.74) is 5.33. The molecular weight excluding hydrogens is 374 g/mol. The molecule has 0 saturated heterocycles. The molecule has 0 aliphatic heterocycles. The Hall–Kier alpha value is -2.69. The molecule has 2 heterocycles. The Morgan fingerprint density at radius 1 is 1.07 bits per heavy atom. The Balaban J connectivity index is 2.14. The van der Waals surface area contributed by atoms with Crippen molar-refractivity contribution in [2.45, 2.75) is 66.8 Å². The van der Waals surface area contributed by atoms with Crippen molar-refractivity contribution in [1.29, 1.82) is 0 Å². The van der Waals surface area contributed by atoms with E-state index in [0.717, 1.165) is 27.9 Å². The van der Waals surface area contributed by atoms with Gasteiger partial charge in [0.1, 0.15) is 5.78 Å². The van der Waals surface area contributed by atoms with Gasteiger partial charge >= 0.3 is 5.69 Å². The first kappa shape index (κ1) is 22.0. The standard InChI is InChI=1S/C25H33N3O2/c1-16-9-10-18(25(6,7)14-17(2)29)13-19(16)20-11-12-21-22(26-20)27(8)23(30)28(21)15-24(3,4)5/h9-13H,14-15H2,1-8H3. The maximum absolute atomic E-state index is 12.8. The normalized spacial score (nSPS) is 12.5. The van der Waals surface area contributed by atoms with E-state index in [1.807, 2.05) is 16.7 Å². The number of fused-ring (bicyclic) bond motifs is 1. The lowest BCUT2D eigenvalue weighted by Crippen LogP contribution is -2.27. The summed E-state index contributed by atoms with van der Waals surface area (Å²) in [5.74, 6) is 0.178. The minimum Gasteiger partial charge on any atom is -0.300 e. The molecule has 1 aromatic carbocycles. The number of ketones is 1. The number of rotatable bonds is 5. The molecule has 5 heteroatoms. The molecule has 3 rings (SSSR count). The highest BCUT2D eigenvalue weighted by atomic mass is 16.1. The minimum absolute atomic E-state index is 0.00992. The Kier molecular flexibility index (Phi) is 5.52. The lowest BCUT2D eigenvalue weighted by molar-refractivity contribution is -0.118. The molecule has 0 saturated carbocycles. The lowest BCUT2D eigenvalue weighted by Gasteiger charge is -2.25. The van der Waals surface area contributed by atoms with E-state index in [-0.39, 0.29) is 22.3 Å². The van der Waals surface area contributed by atoms with E-state index >= 15 is 0 Å². The van der Waals surface area contributed by atoms with E-state index in [1.54, 1.807) is 18.5 Å². The fourth-order valence-corrected chi connectivity index (χ4v) is 4.09. The number of hydrogen-bond acceptors (Lipinski definition) is 3. The number of hydrogen-bond donors (Lipinski definition) is 0. The predicted octanol–water partition coefficient (Wildman–Crippen LogP) is 5.01. The Labute approximate surface area is 178 Å². The van der Waals surface area contributed by atoms with Gasteiger partial charge in [0.25, 0.3) is 0 Å². The van der Waals surface area contributed by atoms with Gasteiger partial charge in [-0.25, -0.2) is 9.78 Å². The number of benzene rings is 1. The maximum atomic E-state index is 12.8. The molecule has 0 bridgehead atoms. The highest BCUT2D eigenvalue weighted by Gasteiger charge is 2.24. The average Bonchev–Trinajstić information content (AvgIpc) is 2.84. The average molecular weight is 408 g/mol. The number of carbonyl (C=O) groups is 1. The summed E-state index contributed by atoms with van der Waals surface area (Å²) < 4.78 is 3.44. The summed E-state index contributed by atoms with van der Waals surface area (Å²) in [4.78, 5) is 29.4. The first-order chi connectivity index (χ1) is 13.8. The molecule has 0 unspecified atom stereocenters. The van der Waals surface area contributed by atoms with E-state index in [0.29, 0.717) is 18.6 Å². The van der Waals surface area contributed by atoms with Crippen LogP contribution >= 0.6 is 0 Å². The molecule has 30 heavy (non-hydrogen) atoms. The monoisotopic (exact) mass is 407 g/mol. The molecule has 0 radical (unpaired) electrons. The van der Waals surface area contributed by atoms with Crippen LogP contribution in [-0.4, -0.2) is 19.9 Å². The van der Waals surface area contributed by atoms with Crippen LogP contribution in [-0.2, 0) is 23.8 Å². The molecule has 0 fully saturated rings. The number of nitrogens with zero attached hydrogens (tertiary/aromatic N) is 3. The fraction of sp³-hybridized carbons (Fsp3) is 0.480. The molecular formula is C25H33N3O2. The molecule has 160 valence electrons. The Morgan fingerprint density at radius 2 is 1.73 bits per heavy atom. The minimum atomic E-state index is -0.249. The predicted molar refractivity (Wildman–Crippen MR) is 123 cm³/mol. The van der Waals surface area contributed by atoms with Crippen molar-refractivity contribution in [3.8, 4) is 11.3 Å². The third kappa shape index (κ3) is 4.25. The van der Waals surface area contributed by atoms with Gasteiger partial charge in [-0.1, -0.05) is 46.8 Å². The Bertz CT molecular complexity index is 1170. The van der Waals surface area contributed by atoms with Gasteiger partial charge in [-0.05, 0) is 54.0 Å². The quantitative estimate of drug-likeness (QED) is 0.597. The smallest absolute Gasteiger partial charge is 0.300 e. The van der Waals surface area contributed by atoms with Crippen LogP contribution in [0.4, 0.5) is 0 Å². The van der Waals surface area contributed by atoms with Crippen LogP contribution in [0.25, 0.3) is 22.4 Å². The largest absolute Gasteiger partial charge is 0.330 e. The summed E-state index contributed by atoms with van der Waals surface area (Å²) in [6.45, 7) is 14.9. The van der Waals surface area contributed by atoms with Gasteiger partial charge in [0.15, 0.2) is 5.65 Å². The van der Waals surface area contributed by atoms with Crippen LogP contribution in [0.3, 0.4) is 0 Å². The second-order valence-corrected chi connectivity index (χ2v) is 10.3. The number of aromatic nitrogens is 3. The van der Waals surface area contributed by atoms with Crippen LogP contribution in [0.1, 0.15) is 59.1 Å². The summed E-state index contributed by atoms with van der Waals surface area (Å²) in [6.07, 6.45) is 0.492. The van der Waals surface area contributed by atoms with Crippen molar-refractivity contribution in [3.63, 3.8) is 0 Å². The first-order valence-electron chi connectivity index (χ1n) is 10.5. The van der Waals surface area contributed by atoms with E-state index < -0.39 is 0 Å². The molecule has 0 N–H and O–H groups in total. The molecule has 5 nitrogen and oxygen atoms in total. The number of pyridine rings is 1. The lowest BCUT2D eigenvalue weighted by atomic mass is 9.79. The second kappa shape index (κ2) is 7.53. The van der Waals surface area contributed by atoms with Crippen LogP contribution in [0.2, 0.25) is 0 Å². The zero-order valence-electron chi connectivity index (χ0n) is 19.5. The van der Waals surface area contributed by atoms with Gasteiger partial charge in [0.2, 0.25) is 0 Å². The molecule has 3 aromatic rings. The van der Waals surface area contributed by atoms with Gasteiger partial charge in [-0.3, -0.25) is 13.9 Å². The number of imidazole rings is 1. The highest BCUT2D eigenvalue weighted by molar-refractivity contribution is 5.79. The van der Waals surface area contributed by atoms with Crippen molar-refractivity contribution in [2.24, 2.45) is 12.5 Å². The van der Waals surface area contributed by atoms with Crippen LogP contribution in [0.5, 0.6) is 0 Å². The summed E-state index contributed by atoms with van der Waals surface area (Å²) >= 11 is 0. The summed E-state index contributed by atoms with van der Waals surface area (Å²) in [6, 6.07) is 10.3. The summed E-state index contributed by atoms with van der Waals surface area (Å²) in [7, 11) is 1.78. The van der Waals surface area contributed by atoms with Crippen molar-refractivity contribution in [1.82, 2.24) is 14.1 Å². The topological polar surface area (TPSA) is 56.9 Å². The van der Waals surface area contributed by atoms with E-state index in [4.69, 9.17) is 4.98 Å². The highest BCUT2D eigenvalue weighted by Crippen LogP contribution is 2.33. The van der Waals surface area contributed by atoms with Crippen LogP contribution in [0.15, 0.2) is 35.1 Å². The third-order valence-electron chi connectivity index (χ3n) is 5.60. The zero-order chi connectivity index (χ0) is 22.4. The molecule has 2 aromatic heterocycles. The van der Waals surface area contributed by atoms with Crippen molar-refractivity contribution in [3.05, 3.63) is 51.9 Å². The van der Waals surface area contributed by atoms with Crippen molar-refractivity contribution < 1.29 is 4.79 Å². The SMILES string of the molecule is CC(=O)CC(C)(C)c1ccc(C)c(-c2ccc3c(n2)n(C)c(=O)n3CC(C)(C)C)c1. The molecule has 0 amide bonds.